The van der Waals surface area contributed by atoms with E-state index < -0.39 is 0 Å². The number of thiazole rings is 1. The molecule has 0 unspecified atom stereocenters. The van der Waals surface area contributed by atoms with E-state index in [1.807, 2.05) is 68.6 Å². The molecule has 2 aromatic carbocycles. The van der Waals surface area contributed by atoms with E-state index in [0.717, 1.165) is 22.7 Å². The highest BCUT2D eigenvalue weighted by Crippen LogP contribution is 2.11. The van der Waals surface area contributed by atoms with Crippen molar-refractivity contribution in [1.82, 2.24) is 15.6 Å². The average Bonchev–Trinajstić information content (AvgIpc) is 3.20. The van der Waals surface area contributed by atoms with Crippen molar-refractivity contribution < 1.29 is 9.53 Å². The Balaban J connectivity index is 0.00000341. The summed E-state index contributed by atoms with van der Waals surface area (Å²) < 4.78 is 5.42. The van der Waals surface area contributed by atoms with Crippen molar-refractivity contribution in [2.24, 2.45) is 4.99 Å². The molecule has 1 heterocycles. The predicted octanol–water partition coefficient (Wildman–Crippen LogP) is 4.68. The van der Waals surface area contributed by atoms with Crippen LogP contribution in [0.2, 0.25) is 0 Å². The van der Waals surface area contributed by atoms with Crippen LogP contribution in [0.5, 0.6) is 0 Å². The normalized spacial score (nSPS) is 10.8. The molecule has 0 saturated carbocycles. The standard InChI is InChI=1S/C23H26N4O2S.HI/c1-3-24-23(27-15-21-25-13-17(2)30-21)26-14-19-10-7-11-20(12-19)22(28)29-16-18-8-5-4-6-9-18;/h4-13H,3,14-16H2,1-2H3,(H2,24,26,27);1H. The Hall–Kier alpha value is -2.46. The van der Waals surface area contributed by atoms with Crippen molar-refractivity contribution in [3.05, 3.63) is 87.4 Å². The molecule has 0 amide bonds. The van der Waals surface area contributed by atoms with E-state index in [0.29, 0.717) is 24.6 Å². The highest BCUT2D eigenvalue weighted by atomic mass is 127. The first-order valence-electron chi connectivity index (χ1n) is 9.87. The fraction of sp³-hybridized carbons (Fsp3) is 0.261. The predicted molar refractivity (Wildman–Crippen MR) is 136 cm³/mol. The summed E-state index contributed by atoms with van der Waals surface area (Å²) >= 11 is 1.66. The maximum atomic E-state index is 12.4. The van der Waals surface area contributed by atoms with Gasteiger partial charge in [-0.25, -0.2) is 14.8 Å². The first-order chi connectivity index (χ1) is 14.6. The number of ether oxygens (including phenoxy) is 1. The second kappa shape index (κ2) is 13.1. The lowest BCUT2D eigenvalue weighted by molar-refractivity contribution is 0.0472. The molecule has 0 aliphatic rings. The number of aryl methyl sites for hydroxylation is 1. The lowest BCUT2D eigenvalue weighted by Gasteiger charge is -2.10. The zero-order chi connectivity index (χ0) is 21.2. The first-order valence-corrected chi connectivity index (χ1v) is 10.7. The zero-order valence-electron chi connectivity index (χ0n) is 17.6. The van der Waals surface area contributed by atoms with Crippen molar-refractivity contribution in [2.45, 2.75) is 33.5 Å². The fourth-order valence-electron chi connectivity index (χ4n) is 2.76. The van der Waals surface area contributed by atoms with E-state index in [9.17, 15) is 4.79 Å². The highest BCUT2D eigenvalue weighted by Gasteiger charge is 2.08. The Kier molecular flexibility index (Phi) is 10.5. The molecule has 164 valence electrons. The molecule has 2 N–H and O–H groups in total. The quantitative estimate of drug-likeness (QED) is 0.184. The van der Waals surface area contributed by atoms with Gasteiger partial charge in [0.2, 0.25) is 0 Å². The Bertz CT molecular complexity index is 992. The monoisotopic (exact) mass is 550 g/mol. The molecule has 8 heteroatoms. The van der Waals surface area contributed by atoms with Crippen LogP contribution >= 0.6 is 35.3 Å². The van der Waals surface area contributed by atoms with E-state index >= 15 is 0 Å². The van der Waals surface area contributed by atoms with Gasteiger partial charge in [0.05, 0.1) is 18.7 Å². The molecular weight excluding hydrogens is 523 g/mol. The van der Waals surface area contributed by atoms with Gasteiger partial charge in [0.25, 0.3) is 0 Å². The second-order valence-electron chi connectivity index (χ2n) is 6.68. The summed E-state index contributed by atoms with van der Waals surface area (Å²) in [6.45, 7) is 6.15. The summed E-state index contributed by atoms with van der Waals surface area (Å²) in [5.41, 5.74) is 2.42. The van der Waals surface area contributed by atoms with E-state index in [1.54, 1.807) is 17.4 Å². The number of aromatic nitrogens is 1. The molecule has 3 rings (SSSR count). The van der Waals surface area contributed by atoms with E-state index in [4.69, 9.17) is 4.74 Å². The summed E-state index contributed by atoms with van der Waals surface area (Å²) in [4.78, 5) is 22.5. The van der Waals surface area contributed by atoms with Gasteiger partial charge in [-0.05, 0) is 37.1 Å². The number of nitrogens with zero attached hydrogens (tertiary/aromatic N) is 2. The van der Waals surface area contributed by atoms with Gasteiger partial charge in [0.1, 0.15) is 11.6 Å². The number of carbonyl (C=O) groups excluding carboxylic acids is 1. The molecule has 0 atom stereocenters. The van der Waals surface area contributed by atoms with Crippen LogP contribution in [0.25, 0.3) is 0 Å². The number of carbonyl (C=O) groups is 1. The van der Waals surface area contributed by atoms with Gasteiger partial charge in [-0.2, -0.15) is 0 Å². The lowest BCUT2D eigenvalue weighted by Crippen LogP contribution is -2.36. The third kappa shape index (κ3) is 8.29. The number of benzene rings is 2. The van der Waals surface area contributed by atoms with Gasteiger partial charge in [-0.15, -0.1) is 35.3 Å². The number of rotatable bonds is 8. The van der Waals surface area contributed by atoms with Gasteiger partial charge in [0.15, 0.2) is 5.96 Å². The smallest absolute Gasteiger partial charge is 0.338 e. The molecular formula is C23H27IN4O2S. The van der Waals surface area contributed by atoms with Crippen molar-refractivity contribution in [3.8, 4) is 0 Å². The summed E-state index contributed by atoms with van der Waals surface area (Å²) in [5, 5.41) is 7.54. The SMILES string of the molecule is CCNC(=NCc1cccc(C(=O)OCc2ccccc2)c1)NCc1ncc(C)s1.I. The summed E-state index contributed by atoms with van der Waals surface area (Å²) in [5.74, 6) is 0.372. The Morgan fingerprint density at radius 1 is 1.10 bits per heavy atom. The minimum absolute atomic E-state index is 0. The van der Waals surface area contributed by atoms with Gasteiger partial charge >= 0.3 is 5.97 Å². The number of nitrogens with one attached hydrogen (secondary N) is 2. The second-order valence-corrected chi connectivity index (χ2v) is 7.99. The van der Waals surface area contributed by atoms with Crippen LogP contribution in [0.3, 0.4) is 0 Å². The minimum Gasteiger partial charge on any atom is -0.457 e. The molecule has 1 aromatic heterocycles. The number of halogens is 1. The molecule has 0 aliphatic heterocycles. The van der Waals surface area contributed by atoms with E-state index in [2.05, 4.69) is 20.6 Å². The average molecular weight is 550 g/mol. The topological polar surface area (TPSA) is 75.6 Å². The summed E-state index contributed by atoms with van der Waals surface area (Å²) in [6, 6.07) is 17.0. The number of hydrogen-bond donors (Lipinski definition) is 2. The maximum Gasteiger partial charge on any atom is 0.338 e. The largest absolute Gasteiger partial charge is 0.457 e. The fourth-order valence-corrected chi connectivity index (χ4v) is 3.48. The summed E-state index contributed by atoms with van der Waals surface area (Å²) in [7, 11) is 0. The minimum atomic E-state index is -0.339. The highest BCUT2D eigenvalue weighted by molar-refractivity contribution is 14.0. The molecule has 3 aromatic rings. The molecule has 0 spiro atoms. The number of esters is 1. The Morgan fingerprint density at radius 3 is 2.58 bits per heavy atom. The number of guanidine groups is 1. The van der Waals surface area contributed by atoms with Gasteiger partial charge in [-0.3, -0.25) is 0 Å². The third-order valence-corrected chi connectivity index (χ3v) is 5.13. The molecule has 6 nitrogen and oxygen atoms in total. The number of aliphatic imine (C=N–C) groups is 1. The summed E-state index contributed by atoms with van der Waals surface area (Å²) in [6.07, 6.45) is 1.87. The van der Waals surface area contributed by atoms with E-state index in [1.165, 1.54) is 4.88 Å². The van der Waals surface area contributed by atoms with Gasteiger partial charge in [0, 0.05) is 17.6 Å². The molecule has 0 bridgehead atoms. The van der Waals surface area contributed by atoms with Crippen molar-refractivity contribution in [1.29, 1.82) is 0 Å². The van der Waals surface area contributed by atoms with Crippen molar-refractivity contribution in [2.75, 3.05) is 6.54 Å². The van der Waals surface area contributed by atoms with Crippen LogP contribution in [0.15, 0.2) is 65.8 Å². The van der Waals surface area contributed by atoms with Crippen LogP contribution < -0.4 is 10.6 Å². The number of hydrogen-bond acceptors (Lipinski definition) is 5. The van der Waals surface area contributed by atoms with Crippen molar-refractivity contribution in [3.63, 3.8) is 0 Å². The molecule has 0 radical (unpaired) electrons. The molecule has 0 fully saturated rings. The first kappa shape index (κ1) is 24.8. The van der Waals surface area contributed by atoms with Crippen LogP contribution in [0.1, 0.15) is 38.3 Å². The Morgan fingerprint density at radius 2 is 1.87 bits per heavy atom. The van der Waals surface area contributed by atoms with Crippen LogP contribution in [0.4, 0.5) is 0 Å². The molecule has 0 aliphatic carbocycles. The third-order valence-electron chi connectivity index (χ3n) is 4.22. The zero-order valence-corrected chi connectivity index (χ0v) is 20.8. The molecule has 0 saturated heterocycles. The van der Waals surface area contributed by atoms with Crippen LogP contribution in [0, 0.1) is 6.92 Å². The Labute approximate surface area is 204 Å². The van der Waals surface area contributed by atoms with Crippen LogP contribution in [-0.4, -0.2) is 23.5 Å². The van der Waals surface area contributed by atoms with Crippen molar-refractivity contribution >= 4 is 47.2 Å². The lowest BCUT2D eigenvalue weighted by atomic mass is 10.1. The van der Waals surface area contributed by atoms with Gasteiger partial charge in [-0.1, -0.05) is 42.5 Å². The molecule has 31 heavy (non-hydrogen) atoms. The van der Waals surface area contributed by atoms with Crippen LogP contribution in [-0.2, 0) is 24.4 Å². The van der Waals surface area contributed by atoms with Gasteiger partial charge < -0.3 is 15.4 Å². The maximum absolute atomic E-state index is 12.4. The van der Waals surface area contributed by atoms with E-state index in [-0.39, 0.29) is 36.6 Å².